The van der Waals surface area contributed by atoms with E-state index in [1.54, 1.807) is 16.7 Å². The van der Waals surface area contributed by atoms with Crippen LogP contribution in [0.4, 0.5) is 11.4 Å². The molecule has 0 N–H and O–H groups in total. The molecule has 2 heterocycles. The molecule has 6 heteroatoms. The topological polar surface area (TPSA) is 40.9 Å². The Morgan fingerprint density at radius 1 is 0.806 bits per heavy atom. The summed E-state index contributed by atoms with van der Waals surface area (Å²) < 4.78 is 1.55. The molecule has 5 nitrogen and oxygen atoms in total. The zero-order valence-electron chi connectivity index (χ0n) is 18.1. The first kappa shape index (κ1) is 20.9. The van der Waals surface area contributed by atoms with E-state index < -0.39 is 0 Å². The number of fused-ring (bicyclic) bond motifs is 1. The van der Waals surface area contributed by atoms with E-state index in [4.69, 9.17) is 11.6 Å². The van der Waals surface area contributed by atoms with Crippen molar-refractivity contribution in [3.8, 4) is 0 Å². The summed E-state index contributed by atoms with van der Waals surface area (Å²) in [5.41, 5.74) is 5.00. The van der Waals surface area contributed by atoms with Gasteiger partial charge < -0.3 is 9.80 Å². The third kappa shape index (κ3) is 4.01. The van der Waals surface area contributed by atoms with Crippen LogP contribution in [-0.2, 0) is 0 Å². The van der Waals surface area contributed by atoms with Gasteiger partial charge in [-0.1, -0.05) is 41.9 Å². The molecule has 0 amide bonds. The van der Waals surface area contributed by atoms with Gasteiger partial charge in [-0.3, -0.25) is 9.20 Å². The van der Waals surface area contributed by atoms with E-state index in [1.165, 1.54) is 0 Å². The molecule has 0 aliphatic heterocycles. The van der Waals surface area contributed by atoms with Crippen molar-refractivity contribution >= 4 is 28.6 Å². The second-order valence-corrected chi connectivity index (χ2v) is 8.31. The van der Waals surface area contributed by atoms with Crippen LogP contribution < -0.4 is 15.4 Å². The van der Waals surface area contributed by atoms with E-state index in [2.05, 4.69) is 53.5 Å². The van der Waals surface area contributed by atoms with Crippen LogP contribution in [0.2, 0.25) is 5.15 Å². The van der Waals surface area contributed by atoms with Gasteiger partial charge in [-0.05, 0) is 47.5 Å². The Balaban J connectivity index is 1.95. The van der Waals surface area contributed by atoms with Crippen LogP contribution in [0.3, 0.4) is 0 Å². The van der Waals surface area contributed by atoms with E-state index >= 15 is 0 Å². The van der Waals surface area contributed by atoms with Gasteiger partial charge in [0.25, 0.3) is 5.56 Å². The highest BCUT2D eigenvalue weighted by atomic mass is 35.5. The van der Waals surface area contributed by atoms with Gasteiger partial charge >= 0.3 is 0 Å². The summed E-state index contributed by atoms with van der Waals surface area (Å²) in [4.78, 5) is 22.1. The fourth-order valence-corrected chi connectivity index (χ4v) is 4.05. The zero-order chi connectivity index (χ0) is 22.1. The monoisotopic (exact) mass is 432 g/mol. The van der Waals surface area contributed by atoms with Gasteiger partial charge in [0.1, 0.15) is 10.8 Å². The number of aromatic nitrogens is 2. The molecule has 4 aromatic rings. The Bertz CT molecular complexity index is 1210. The van der Waals surface area contributed by atoms with Crippen LogP contribution >= 0.6 is 11.6 Å². The summed E-state index contributed by atoms with van der Waals surface area (Å²) in [6, 6.07) is 21.9. The highest BCUT2D eigenvalue weighted by Crippen LogP contribution is 2.35. The Kier molecular flexibility index (Phi) is 5.70. The Hall–Kier alpha value is -3.31. The summed E-state index contributed by atoms with van der Waals surface area (Å²) in [5.74, 6) is -0.336. The van der Waals surface area contributed by atoms with Gasteiger partial charge in [0.15, 0.2) is 0 Å². The minimum Gasteiger partial charge on any atom is -0.378 e. The molecule has 0 fully saturated rings. The Labute approximate surface area is 187 Å². The number of hydrogen-bond donors (Lipinski definition) is 0. The standard InChI is InChI=1S/C25H25ClN4O/c1-28(2)19-12-8-17(9-13-19)22(18-10-14-20(15-11-18)29(3)4)23-24(26)27-21-7-5-6-16-30(21)25(23)31/h5-16,22H,1-4H3. The third-order valence-electron chi connectivity index (χ3n) is 5.50. The van der Waals surface area contributed by atoms with Crippen molar-refractivity contribution in [3.63, 3.8) is 0 Å². The summed E-state index contributed by atoms with van der Waals surface area (Å²) in [5, 5.41) is 0.231. The number of rotatable bonds is 5. The lowest BCUT2D eigenvalue weighted by Crippen LogP contribution is -2.24. The smallest absolute Gasteiger partial charge is 0.263 e. The predicted octanol–water partition coefficient (Wildman–Crippen LogP) is 4.66. The first-order chi connectivity index (χ1) is 14.9. The van der Waals surface area contributed by atoms with Crippen LogP contribution in [-0.4, -0.2) is 37.6 Å². The van der Waals surface area contributed by atoms with Crippen LogP contribution in [0.15, 0.2) is 77.7 Å². The SMILES string of the molecule is CN(C)c1ccc(C(c2ccc(N(C)C)cc2)c2c(Cl)nc3ccccn3c2=O)cc1. The highest BCUT2D eigenvalue weighted by Gasteiger charge is 2.25. The number of hydrogen-bond acceptors (Lipinski definition) is 4. The number of benzene rings is 2. The predicted molar refractivity (Wildman–Crippen MR) is 129 cm³/mol. The normalized spacial score (nSPS) is 11.2. The quantitative estimate of drug-likeness (QED) is 0.430. The highest BCUT2D eigenvalue weighted by molar-refractivity contribution is 6.30. The van der Waals surface area contributed by atoms with Crippen LogP contribution in [0.5, 0.6) is 0 Å². The molecular weight excluding hydrogens is 408 g/mol. The molecule has 0 aliphatic carbocycles. The number of halogens is 1. The lowest BCUT2D eigenvalue weighted by Gasteiger charge is -2.22. The molecular formula is C25H25ClN4O. The van der Waals surface area contributed by atoms with Crippen molar-refractivity contribution in [1.29, 1.82) is 0 Å². The van der Waals surface area contributed by atoms with E-state index in [0.29, 0.717) is 11.2 Å². The Morgan fingerprint density at radius 3 is 1.81 bits per heavy atom. The van der Waals surface area contributed by atoms with Gasteiger partial charge in [-0.2, -0.15) is 0 Å². The molecule has 0 radical (unpaired) electrons. The van der Waals surface area contributed by atoms with Crippen LogP contribution in [0.25, 0.3) is 5.65 Å². The number of anilines is 2. The van der Waals surface area contributed by atoms with E-state index in [1.807, 2.05) is 50.1 Å². The largest absolute Gasteiger partial charge is 0.378 e. The fraction of sp³-hybridized carbons (Fsp3) is 0.200. The second kappa shape index (κ2) is 8.44. The van der Waals surface area contributed by atoms with E-state index in [0.717, 1.165) is 22.5 Å². The molecule has 4 rings (SSSR count). The first-order valence-corrected chi connectivity index (χ1v) is 10.5. The molecule has 2 aromatic heterocycles. The van der Waals surface area contributed by atoms with Crippen molar-refractivity contribution in [2.45, 2.75) is 5.92 Å². The van der Waals surface area contributed by atoms with Crippen LogP contribution in [0, 0.1) is 0 Å². The molecule has 0 saturated carbocycles. The Morgan fingerprint density at radius 2 is 1.32 bits per heavy atom. The van der Waals surface area contributed by atoms with E-state index in [-0.39, 0.29) is 16.6 Å². The van der Waals surface area contributed by atoms with Crippen LogP contribution in [0.1, 0.15) is 22.6 Å². The molecule has 0 spiro atoms. The first-order valence-electron chi connectivity index (χ1n) is 10.1. The zero-order valence-corrected chi connectivity index (χ0v) is 18.8. The summed E-state index contributed by atoms with van der Waals surface area (Å²) in [6.45, 7) is 0. The lowest BCUT2D eigenvalue weighted by molar-refractivity contribution is 0.900. The molecule has 158 valence electrons. The lowest BCUT2D eigenvalue weighted by atomic mass is 9.86. The molecule has 2 aromatic carbocycles. The summed E-state index contributed by atoms with van der Waals surface area (Å²) >= 11 is 6.63. The van der Waals surface area contributed by atoms with Gasteiger partial charge in [-0.25, -0.2) is 4.98 Å². The average Bonchev–Trinajstić information content (AvgIpc) is 2.77. The maximum absolute atomic E-state index is 13.5. The van der Waals surface area contributed by atoms with Gasteiger partial charge in [0.05, 0.1) is 5.56 Å². The maximum Gasteiger partial charge on any atom is 0.263 e. The molecule has 0 aliphatic rings. The van der Waals surface area contributed by atoms with Gasteiger partial charge in [0, 0.05) is 51.7 Å². The molecule has 0 unspecified atom stereocenters. The number of nitrogens with zero attached hydrogens (tertiary/aromatic N) is 4. The summed E-state index contributed by atoms with van der Waals surface area (Å²) in [7, 11) is 8.01. The molecule has 0 atom stereocenters. The minimum atomic E-state index is -0.336. The minimum absolute atomic E-state index is 0.158. The number of pyridine rings is 1. The molecule has 0 bridgehead atoms. The fourth-order valence-electron chi connectivity index (χ4n) is 3.77. The van der Waals surface area contributed by atoms with Crippen molar-refractivity contribution in [3.05, 3.63) is 105 Å². The van der Waals surface area contributed by atoms with Crippen molar-refractivity contribution in [1.82, 2.24) is 9.38 Å². The molecule has 0 saturated heterocycles. The van der Waals surface area contributed by atoms with E-state index in [9.17, 15) is 4.79 Å². The van der Waals surface area contributed by atoms with Crippen molar-refractivity contribution < 1.29 is 0 Å². The third-order valence-corrected chi connectivity index (χ3v) is 5.78. The van der Waals surface area contributed by atoms with Gasteiger partial charge in [0.2, 0.25) is 0 Å². The molecule has 31 heavy (non-hydrogen) atoms. The summed E-state index contributed by atoms with van der Waals surface area (Å²) in [6.07, 6.45) is 1.73. The van der Waals surface area contributed by atoms with Crippen molar-refractivity contribution in [2.75, 3.05) is 38.0 Å². The average molecular weight is 433 g/mol. The maximum atomic E-state index is 13.5. The van der Waals surface area contributed by atoms with Gasteiger partial charge in [-0.15, -0.1) is 0 Å². The van der Waals surface area contributed by atoms with Crippen molar-refractivity contribution in [2.24, 2.45) is 0 Å². The second-order valence-electron chi connectivity index (χ2n) is 7.96.